The third-order valence-corrected chi connectivity index (χ3v) is 3.20. The molecule has 0 unspecified atom stereocenters. The molecule has 0 heterocycles. The monoisotopic (exact) mass is 393 g/mol. The number of carbonyl (C=O) groups excluding carboxylic acids is 1. The molecule has 0 aliphatic heterocycles. The van der Waals surface area contributed by atoms with Crippen LogP contribution in [-0.2, 0) is 4.74 Å². The summed E-state index contributed by atoms with van der Waals surface area (Å²) in [6.07, 6.45) is 0. The molecule has 0 atom stereocenters. The lowest BCUT2D eigenvalue weighted by atomic mass is 10.1. The van der Waals surface area contributed by atoms with E-state index in [2.05, 4.69) is 26.0 Å². The van der Waals surface area contributed by atoms with Crippen LogP contribution >= 0.6 is 15.9 Å². The van der Waals surface area contributed by atoms with Crippen LogP contribution in [0.1, 0.15) is 10.4 Å². The number of ether oxygens (including phenoxy) is 1. The van der Waals surface area contributed by atoms with Crippen molar-refractivity contribution >= 4 is 33.3 Å². The van der Waals surface area contributed by atoms with Gasteiger partial charge in [0, 0.05) is 6.07 Å². The molecule has 1 rings (SSSR count). The Morgan fingerprint density at radius 3 is 2.38 bits per heavy atom. The van der Waals surface area contributed by atoms with Crippen molar-refractivity contribution in [2.75, 3.05) is 12.4 Å². The van der Waals surface area contributed by atoms with E-state index in [-0.39, 0.29) is 4.47 Å². The molecule has 1 N–H and O–H groups in total. The van der Waals surface area contributed by atoms with Gasteiger partial charge in [-0.05, 0) is 15.9 Å². The number of hydrogen-bond acceptors (Lipinski definition) is 8. The Bertz CT molecular complexity index is 876. The largest absolute Gasteiger partial charge is 0.465 e. The number of esters is 1. The number of rotatable bonds is 4. The van der Waals surface area contributed by atoms with Gasteiger partial charge in [-0.15, -0.1) is 0 Å². The fourth-order valence-electron chi connectivity index (χ4n) is 1.59. The van der Waals surface area contributed by atoms with E-state index in [1.807, 2.05) is 0 Å². The highest BCUT2D eigenvalue weighted by molar-refractivity contribution is 9.10. The highest BCUT2D eigenvalue weighted by Crippen LogP contribution is 2.36. The maximum absolute atomic E-state index is 14.2. The van der Waals surface area contributed by atoms with Gasteiger partial charge in [0.15, 0.2) is 11.4 Å². The lowest BCUT2D eigenvalue weighted by Crippen LogP contribution is -2.13. The van der Waals surface area contributed by atoms with Gasteiger partial charge in [-0.3, -0.25) is 10.1 Å². The Hall–Kier alpha value is -3.49. The Kier molecular flexibility index (Phi) is 5.94. The van der Waals surface area contributed by atoms with Crippen molar-refractivity contribution in [3.8, 4) is 18.2 Å². The molecule has 120 valence electrons. The number of nitrogens with zero attached hydrogens (tertiary/aromatic N) is 4. The van der Waals surface area contributed by atoms with Gasteiger partial charge in [0.25, 0.3) is 5.69 Å². The number of hydrogen-bond donors (Lipinski definition) is 1. The average molecular weight is 394 g/mol. The number of nitro benzene ring substituents is 1. The third-order valence-electron chi connectivity index (χ3n) is 2.62. The minimum absolute atomic E-state index is 0.386. The van der Waals surface area contributed by atoms with Gasteiger partial charge >= 0.3 is 5.97 Å². The van der Waals surface area contributed by atoms with Gasteiger partial charge in [-0.1, -0.05) is 0 Å². The van der Waals surface area contributed by atoms with Crippen LogP contribution in [0.2, 0.25) is 0 Å². The van der Waals surface area contributed by atoms with E-state index in [0.717, 1.165) is 13.2 Å². The first-order valence-electron chi connectivity index (χ1n) is 5.78. The number of nitrogens with one attached hydrogen (secondary N) is 1. The topological polar surface area (TPSA) is 153 Å². The highest BCUT2D eigenvalue weighted by atomic mass is 79.9. The van der Waals surface area contributed by atoms with Crippen LogP contribution in [0.4, 0.5) is 15.8 Å². The zero-order valence-corrected chi connectivity index (χ0v) is 13.3. The molecule has 0 saturated heterocycles. The fraction of sp³-hybridized carbons (Fsp3) is 0.0769. The van der Waals surface area contributed by atoms with E-state index in [9.17, 15) is 19.3 Å². The molecule has 0 spiro atoms. The molecule has 1 aromatic rings. The molecular formula is C13H5BrFN5O4. The predicted molar refractivity (Wildman–Crippen MR) is 79.6 cm³/mol. The second-order valence-corrected chi connectivity index (χ2v) is 4.75. The summed E-state index contributed by atoms with van der Waals surface area (Å²) in [6.45, 7) is 0. The SMILES string of the molecule is COC(=O)c1c(F)c(Br)cc([N+](=O)[O-])c1NC(C#N)=C(C#N)C#N. The molecule has 1 aromatic carbocycles. The van der Waals surface area contributed by atoms with E-state index >= 15 is 0 Å². The molecular weight excluding hydrogens is 389 g/mol. The molecule has 9 nitrogen and oxygen atoms in total. The summed E-state index contributed by atoms with van der Waals surface area (Å²) in [5.41, 5.74) is -3.73. The summed E-state index contributed by atoms with van der Waals surface area (Å²) in [5.74, 6) is -2.44. The maximum atomic E-state index is 14.2. The van der Waals surface area contributed by atoms with Gasteiger partial charge in [0.1, 0.15) is 35.2 Å². The van der Waals surface area contributed by atoms with Crippen molar-refractivity contribution in [1.29, 1.82) is 15.8 Å². The van der Waals surface area contributed by atoms with Crippen molar-refractivity contribution in [3.63, 3.8) is 0 Å². The minimum atomic E-state index is -1.26. The third kappa shape index (κ3) is 3.46. The Balaban J connectivity index is 3.83. The van der Waals surface area contributed by atoms with E-state index < -0.39 is 44.9 Å². The molecule has 0 aliphatic carbocycles. The smallest absolute Gasteiger partial charge is 0.343 e. The molecule has 0 fully saturated rings. The van der Waals surface area contributed by atoms with Gasteiger partial charge in [0.05, 0.1) is 16.5 Å². The summed E-state index contributed by atoms with van der Waals surface area (Å²) in [7, 11) is 0.926. The fourth-order valence-corrected chi connectivity index (χ4v) is 2.00. The number of nitriles is 3. The van der Waals surface area contributed by atoms with Gasteiger partial charge in [-0.25, -0.2) is 9.18 Å². The lowest BCUT2D eigenvalue weighted by Gasteiger charge is -2.12. The first-order chi connectivity index (χ1) is 11.3. The first-order valence-corrected chi connectivity index (χ1v) is 6.57. The van der Waals surface area contributed by atoms with Crippen molar-refractivity contribution in [3.05, 3.63) is 43.3 Å². The number of benzene rings is 1. The number of anilines is 1. The molecule has 0 aromatic heterocycles. The number of allylic oxidation sites excluding steroid dienone is 2. The second-order valence-electron chi connectivity index (χ2n) is 3.90. The summed E-state index contributed by atoms with van der Waals surface area (Å²) >= 11 is 2.74. The van der Waals surface area contributed by atoms with Crippen LogP contribution in [-0.4, -0.2) is 18.0 Å². The number of nitro groups is 1. The molecule has 0 saturated carbocycles. The highest BCUT2D eigenvalue weighted by Gasteiger charge is 2.30. The van der Waals surface area contributed by atoms with Crippen LogP contribution in [0.3, 0.4) is 0 Å². The van der Waals surface area contributed by atoms with Crippen molar-refractivity contribution < 1.29 is 18.8 Å². The van der Waals surface area contributed by atoms with E-state index in [4.69, 9.17) is 15.8 Å². The Morgan fingerprint density at radius 2 is 1.96 bits per heavy atom. The van der Waals surface area contributed by atoms with Crippen molar-refractivity contribution in [2.24, 2.45) is 0 Å². The van der Waals surface area contributed by atoms with Crippen molar-refractivity contribution in [1.82, 2.24) is 0 Å². The molecule has 0 radical (unpaired) electrons. The van der Waals surface area contributed by atoms with E-state index in [1.54, 1.807) is 0 Å². The summed E-state index contributed by atoms with van der Waals surface area (Å²) in [6, 6.07) is 5.02. The number of carbonyl (C=O) groups is 1. The summed E-state index contributed by atoms with van der Waals surface area (Å²) in [5, 5.41) is 39.8. The molecule has 11 heteroatoms. The number of halogens is 2. The lowest BCUT2D eigenvalue weighted by molar-refractivity contribution is -0.384. The molecule has 0 bridgehead atoms. The molecule has 24 heavy (non-hydrogen) atoms. The van der Waals surface area contributed by atoms with Gasteiger partial charge in [0.2, 0.25) is 0 Å². The van der Waals surface area contributed by atoms with Crippen LogP contribution in [0.25, 0.3) is 0 Å². The predicted octanol–water partition coefficient (Wildman–Crippen LogP) is 2.52. The molecule has 0 aliphatic rings. The quantitative estimate of drug-likeness (QED) is 0.354. The Labute approximate surface area is 142 Å². The minimum Gasteiger partial charge on any atom is -0.465 e. The average Bonchev–Trinajstić information content (AvgIpc) is 2.56. The molecule has 0 amide bonds. The summed E-state index contributed by atoms with van der Waals surface area (Å²) < 4.78 is 18.2. The second kappa shape index (κ2) is 7.68. The van der Waals surface area contributed by atoms with Crippen LogP contribution in [0.15, 0.2) is 21.8 Å². The van der Waals surface area contributed by atoms with Gasteiger partial charge in [-0.2, -0.15) is 15.8 Å². The van der Waals surface area contributed by atoms with Crippen molar-refractivity contribution in [2.45, 2.75) is 0 Å². The Morgan fingerprint density at radius 1 is 1.38 bits per heavy atom. The van der Waals surface area contributed by atoms with E-state index in [1.165, 1.54) is 18.2 Å². The first kappa shape index (κ1) is 18.6. The van der Waals surface area contributed by atoms with Gasteiger partial charge < -0.3 is 10.1 Å². The standard InChI is InChI=1S/C13H5BrFN5O4/c1-24-13(21)10-11(15)7(14)2-9(20(22)23)12(10)19-8(5-18)6(3-16)4-17/h2,19H,1H3. The van der Waals surface area contributed by atoms with Crippen LogP contribution < -0.4 is 5.32 Å². The maximum Gasteiger partial charge on any atom is 0.343 e. The van der Waals surface area contributed by atoms with E-state index in [0.29, 0.717) is 0 Å². The number of methoxy groups -OCH3 is 1. The van der Waals surface area contributed by atoms with Crippen LogP contribution in [0, 0.1) is 49.9 Å². The summed E-state index contributed by atoms with van der Waals surface area (Å²) in [4.78, 5) is 22.0. The zero-order chi connectivity index (χ0) is 18.4. The normalized spacial score (nSPS) is 9.00. The zero-order valence-electron chi connectivity index (χ0n) is 11.8. The van der Waals surface area contributed by atoms with Crippen LogP contribution in [0.5, 0.6) is 0 Å².